The Bertz CT molecular complexity index is 712. The summed E-state index contributed by atoms with van der Waals surface area (Å²) >= 11 is 0. The first-order valence-corrected chi connectivity index (χ1v) is 9.83. The molecule has 0 radical (unpaired) electrons. The van der Waals surface area contributed by atoms with Crippen molar-refractivity contribution in [1.29, 1.82) is 0 Å². The molecule has 1 atom stereocenters. The van der Waals surface area contributed by atoms with Gasteiger partial charge in [0, 0.05) is 6.20 Å². The van der Waals surface area contributed by atoms with Gasteiger partial charge >= 0.3 is 6.18 Å². The van der Waals surface area contributed by atoms with Crippen molar-refractivity contribution >= 4 is 15.9 Å². The monoisotopic (exact) mass is 394 g/mol. The summed E-state index contributed by atoms with van der Waals surface area (Å²) in [6.07, 6.45) is 0.495. The van der Waals surface area contributed by atoms with Gasteiger partial charge in [-0.2, -0.15) is 21.6 Å². The van der Waals surface area contributed by atoms with Gasteiger partial charge in [0.25, 0.3) is 15.9 Å². The highest BCUT2D eigenvalue weighted by molar-refractivity contribution is 7.90. The Morgan fingerprint density at radius 1 is 1.23 bits per heavy atom. The first-order valence-electron chi connectivity index (χ1n) is 8.35. The third-order valence-electron chi connectivity index (χ3n) is 4.14. The zero-order chi connectivity index (χ0) is 19.4. The van der Waals surface area contributed by atoms with E-state index in [-0.39, 0.29) is 6.10 Å². The zero-order valence-corrected chi connectivity index (χ0v) is 15.1. The van der Waals surface area contributed by atoms with E-state index in [1.807, 2.05) is 0 Å². The van der Waals surface area contributed by atoms with E-state index in [2.05, 4.69) is 4.98 Å². The highest BCUT2D eigenvalue weighted by Gasteiger charge is 2.32. The maximum absolute atomic E-state index is 12.5. The second kappa shape index (κ2) is 8.34. The molecule has 1 amide bonds. The fraction of sp³-hybridized carbons (Fsp3) is 0.625. The van der Waals surface area contributed by atoms with Crippen LogP contribution < -0.4 is 4.72 Å². The molecule has 0 aromatic carbocycles. The first kappa shape index (κ1) is 20.6. The highest BCUT2D eigenvalue weighted by atomic mass is 32.2. The molecule has 1 fully saturated rings. The molecule has 1 aliphatic carbocycles. The van der Waals surface area contributed by atoms with E-state index in [4.69, 9.17) is 4.74 Å². The number of rotatable bonds is 5. The van der Waals surface area contributed by atoms with Crippen LogP contribution in [0.1, 0.15) is 51.0 Å². The summed E-state index contributed by atoms with van der Waals surface area (Å²) < 4.78 is 69.2. The number of aromatic nitrogens is 1. The minimum absolute atomic E-state index is 0.106. The second-order valence-corrected chi connectivity index (χ2v) is 7.87. The molecule has 0 spiro atoms. The van der Waals surface area contributed by atoms with Crippen molar-refractivity contribution in [3.8, 4) is 0 Å². The fourth-order valence-electron chi connectivity index (χ4n) is 2.70. The van der Waals surface area contributed by atoms with Gasteiger partial charge in [-0.15, -0.1) is 0 Å². The Morgan fingerprint density at radius 2 is 1.85 bits per heavy atom. The average Bonchev–Trinajstić information content (AvgIpc) is 2.82. The maximum atomic E-state index is 12.5. The molecular weight excluding hydrogens is 373 g/mol. The maximum Gasteiger partial charge on any atom is 0.417 e. The predicted molar refractivity (Wildman–Crippen MR) is 86.6 cm³/mol. The lowest BCUT2D eigenvalue weighted by Gasteiger charge is -2.20. The third-order valence-corrected chi connectivity index (χ3v) is 5.40. The molecule has 0 bridgehead atoms. The van der Waals surface area contributed by atoms with Crippen molar-refractivity contribution in [1.82, 2.24) is 9.71 Å². The van der Waals surface area contributed by atoms with Gasteiger partial charge in [0.05, 0.1) is 11.7 Å². The lowest BCUT2D eigenvalue weighted by atomic mass is 10.1. The lowest BCUT2D eigenvalue weighted by Crippen LogP contribution is -2.40. The van der Waals surface area contributed by atoms with Crippen LogP contribution in [0.15, 0.2) is 23.4 Å². The Hall–Kier alpha value is -1.68. The first-order chi connectivity index (χ1) is 12.1. The van der Waals surface area contributed by atoms with Gasteiger partial charge < -0.3 is 4.74 Å². The lowest BCUT2D eigenvalue weighted by molar-refractivity contribution is -0.138. The summed E-state index contributed by atoms with van der Waals surface area (Å²) in [6.45, 7) is 1.44. The third kappa shape index (κ3) is 5.66. The summed E-state index contributed by atoms with van der Waals surface area (Å²) in [7, 11) is -4.37. The second-order valence-electron chi connectivity index (χ2n) is 6.24. The van der Waals surface area contributed by atoms with E-state index in [1.165, 1.54) is 6.92 Å². The van der Waals surface area contributed by atoms with Crippen molar-refractivity contribution in [2.45, 2.75) is 68.9 Å². The van der Waals surface area contributed by atoms with E-state index < -0.39 is 38.8 Å². The number of hydrogen-bond donors (Lipinski definition) is 1. The van der Waals surface area contributed by atoms with Gasteiger partial charge in [-0.1, -0.05) is 25.7 Å². The van der Waals surface area contributed by atoms with Crippen molar-refractivity contribution in [3.05, 3.63) is 23.9 Å². The van der Waals surface area contributed by atoms with Crippen LogP contribution >= 0.6 is 0 Å². The van der Waals surface area contributed by atoms with E-state index >= 15 is 0 Å². The number of pyridine rings is 1. The van der Waals surface area contributed by atoms with Crippen molar-refractivity contribution in [2.75, 3.05) is 0 Å². The highest BCUT2D eigenvalue weighted by Crippen LogP contribution is 2.28. The predicted octanol–water partition coefficient (Wildman–Crippen LogP) is 3.03. The van der Waals surface area contributed by atoms with Crippen LogP contribution in [-0.4, -0.2) is 31.5 Å². The minimum Gasteiger partial charge on any atom is -0.365 e. The smallest absolute Gasteiger partial charge is 0.365 e. The van der Waals surface area contributed by atoms with Crippen LogP contribution in [0.4, 0.5) is 13.2 Å². The summed E-state index contributed by atoms with van der Waals surface area (Å²) in [4.78, 5) is 15.4. The van der Waals surface area contributed by atoms with Crippen molar-refractivity contribution in [3.63, 3.8) is 0 Å². The fourth-order valence-corrected chi connectivity index (χ4v) is 3.68. The quantitative estimate of drug-likeness (QED) is 0.776. The minimum atomic E-state index is -4.63. The zero-order valence-electron chi connectivity index (χ0n) is 14.3. The van der Waals surface area contributed by atoms with Crippen LogP contribution in [-0.2, 0) is 25.7 Å². The van der Waals surface area contributed by atoms with Gasteiger partial charge in [0.15, 0.2) is 5.03 Å². The summed E-state index contributed by atoms with van der Waals surface area (Å²) in [6, 6.07) is 1.30. The normalized spacial score (nSPS) is 18.2. The molecule has 1 aliphatic rings. The number of nitrogens with one attached hydrogen (secondary N) is 1. The van der Waals surface area contributed by atoms with Gasteiger partial charge in [-0.25, -0.2) is 9.71 Å². The Labute approximate surface area is 150 Å². The number of hydrogen-bond acceptors (Lipinski definition) is 5. The van der Waals surface area contributed by atoms with Gasteiger partial charge in [-0.05, 0) is 31.9 Å². The molecule has 2 rings (SSSR count). The molecule has 1 unspecified atom stereocenters. The molecule has 1 N–H and O–H groups in total. The molecule has 1 aromatic rings. The number of carbonyl (C=O) groups is 1. The Balaban J connectivity index is 1.99. The topological polar surface area (TPSA) is 85.4 Å². The molecule has 0 aliphatic heterocycles. The number of amides is 1. The Morgan fingerprint density at radius 3 is 2.35 bits per heavy atom. The molecule has 1 aromatic heterocycles. The number of halogens is 3. The SMILES string of the molecule is CC(OC1CCCCCC1)C(=O)NS(=O)(=O)c1ccc(C(F)(F)F)cn1. The van der Waals surface area contributed by atoms with E-state index in [1.54, 1.807) is 4.72 Å². The number of carbonyl (C=O) groups excluding carboxylic acids is 1. The standard InChI is InChI=1S/C16H21F3N2O4S/c1-11(25-13-6-4-2-3-5-7-13)15(22)21-26(23,24)14-9-8-12(10-20-14)16(17,18)19/h8-11,13H,2-7H2,1H3,(H,21,22). The van der Waals surface area contributed by atoms with Crippen molar-refractivity contribution in [2.24, 2.45) is 0 Å². The molecule has 26 heavy (non-hydrogen) atoms. The summed E-state index contributed by atoms with van der Waals surface area (Å²) in [5.74, 6) is -0.879. The Kier molecular flexibility index (Phi) is 6.62. The summed E-state index contributed by atoms with van der Waals surface area (Å²) in [5, 5.41) is -0.666. The average molecular weight is 394 g/mol. The van der Waals surface area contributed by atoms with Crippen molar-refractivity contribution < 1.29 is 31.1 Å². The van der Waals surface area contributed by atoms with Crippen LogP contribution in [0.3, 0.4) is 0 Å². The molecule has 146 valence electrons. The number of sulfonamides is 1. The molecule has 1 saturated carbocycles. The van der Waals surface area contributed by atoms with E-state index in [9.17, 15) is 26.4 Å². The van der Waals surface area contributed by atoms with E-state index in [0.29, 0.717) is 18.3 Å². The van der Waals surface area contributed by atoms with Crippen LogP contribution in [0.2, 0.25) is 0 Å². The molecule has 6 nitrogen and oxygen atoms in total. The molecular formula is C16H21F3N2O4S. The van der Waals surface area contributed by atoms with Gasteiger partial charge in [0.1, 0.15) is 6.10 Å². The van der Waals surface area contributed by atoms with E-state index in [0.717, 1.165) is 38.5 Å². The molecule has 0 saturated heterocycles. The number of ether oxygens (including phenoxy) is 1. The van der Waals surface area contributed by atoms with Gasteiger partial charge in [0.2, 0.25) is 0 Å². The van der Waals surface area contributed by atoms with Crippen LogP contribution in [0.25, 0.3) is 0 Å². The van der Waals surface area contributed by atoms with Crippen LogP contribution in [0, 0.1) is 0 Å². The summed E-state index contributed by atoms with van der Waals surface area (Å²) in [5.41, 5.74) is -1.08. The number of nitrogens with zero attached hydrogens (tertiary/aromatic N) is 1. The van der Waals surface area contributed by atoms with Gasteiger partial charge in [-0.3, -0.25) is 4.79 Å². The van der Waals surface area contributed by atoms with Crippen LogP contribution in [0.5, 0.6) is 0 Å². The molecule has 10 heteroatoms. The number of alkyl halides is 3. The molecule has 1 heterocycles. The largest absolute Gasteiger partial charge is 0.417 e.